The summed E-state index contributed by atoms with van der Waals surface area (Å²) >= 11 is 7.14. The lowest BCUT2D eigenvalue weighted by atomic mass is 10.2. The van der Waals surface area contributed by atoms with Gasteiger partial charge in [-0.3, -0.25) is 0 Å². The van der Waals surface area contributed by atoms with E-state index in [4.69, 9.17) is 16.3 Å². The van der Waals surface area contributed by atoms with Gasteiger partial charge in [-0.05, 0) is 18.6 Å². The molecule has 1 unspecified atom stereocenters. The summed E-state index contributed by atoms with van der Waals surface area (Å²) in [5, 5.41) is 2.64. The van der Waals surface area contributed by atoms with Gasteiger partial charge in [0.15, 0.2) is 11.6 Å². The predicted molar refractivity (Wildman–Crippen MR) is 71.7 cm³/mol. The number of hydrogen-bond donors (Lipinski definition) is 0. The second kappa shape index (κ2) is 6.30. The molecule has 1 aromatic heterocycles. The van der Waals surface area contributed by atoms with Crippen LogP contribution in [0, 0.1) is 11.6 Å². The topological polar surface area (TPSA) is 22.1 Å². The Morgan fingerprint density at radius 1 is 1.37 bits per heavy atom. The van der Waals surface area contributed by atoms with Crippen LogP contribution in [0.1, 0.15) is 30.2 Å². The predicted octanol–water partition coefficient (Wildman–Crippen LogP) is 4.69. The smallest absolute Gasteiger partial charge is 0.162 e. The van der Waals surface area contributed by atoms with Crippen LogP contribution in [0.4, 0.5) is 8.78 Å². The molecule has 0 saturated carbocycles. The van der Waals surface area contributed by atoms with Crippen molar-refractivity contribution in [2.45, 2.75) is 25.3 Å². The van der Waals surface area contributed by atoms with Crippen molar-refractivity contribution in [3.63, 3.8) is 0 Å². The fraction of sp³-hybridized carbons (Fsp3) is 0.308. The Labute approximate surface area is 119 Å². The van der Waals surface area contributed by atoms with Crippen LogP contribution in [0.3, 0.4) is 0 Å². The first-order valence-corrected chi connectivity index (χ1v) is 7.17. The number of hydrogen-bond acceptors (Lipinski definition) is 3. The van der Waals surface area contributed by atoms with Crippen molar-refractivity contribution in [2.24, 2.45) is 0 Å². The zero-order valence-corrected chi connectivity index (χ0v) is 11.8. The molecular weight excluding hydrogens is 292 g/mol. The largest absolute Gasteiger partial charge is 0.483 e. The molecule has 1 aromatic carbocycles. The Morgan fingerprint density at radius 2 is 2.16 bits per heavy atom. The first-order valence-electron chi connectivity index (χ1n) is 5.76. The average molecular weight is 304 g/mol. The molecule has 0 bridgehead atoms. The van der Waals surface area contributed by atoms with E-state index in [2.05, 4.69) is 4.98 Å². The van der Waals surface area contributed by atoms with Gasteiger partial charge in [0.2, 0.25) is 0 Å². The minimum atomic E-state index is -0.923. The zero-order valence-electron chi connectivity index (χ0n) is 10.2. The summed E-state index contributed by atoms with van der Waals surface area (Å²) in [5.74, 6) is -1.18. The van der Waals surface area contributed by atoms with E-state index in [1.165, 1.54) is 17.4 Å². The van der Waals surface area contributed by atoms with Crippen LogP contribution >= 0.6 is 22.9 Å². The van der Waals surface area contributed by atoms with Gasteiger partial charge in [0.25, 0.3) is 0 Å². The number of alkyl halides is 1. The molecule has 0 aliphatic heterocycles. The number of halogens is 3. The van der Waals surface area contributed by atoms with Gasteiger partial charge in [-0.25, -0.2) is 13.8 Å². The molecule has 0 fully saturated rings. The molecule has 0 N–H and O–H groups in total. The maximum Gasteiger partial charge on any atom is 0.162 e. The van der Waals surface area contributed by atoms with Gasteiger partial charge in [0.05, 0.1) is 11.6 Å². The van der Waals surface area contributed by atoms with Gasteiger partial charge in [0, 0.05) is 11.4 Å². The summed E-state index contributed by atoms with van der Waals surface area (Å²) in [4.78, 5) is 4.33. The van der Waals surface area contributed by atoms with Gasteiger partial charge in [-0.2, -0.15) is 0 Å². The highest BCUT2D eigenvalue weighted by Crippen LogP contribution is 2.28. The minimum Gasteiger partial charge on any atom is -0.483 e. The Kier molecular flexibility index (Phi) is 4.71. The molecule has 0 radical (unpaired) electrons. The van der Waals surface area contributed by atoms with Gasteiger partial charge in [-0.1, -0.05) is 6.92 Å². The minimum absolute atomic E-state index is 0.285. The first kappa shape index (κ1) is 14.2. The number of ether oxygens (including phenoxy) is 1. The van der Waals surface area contributed by atoms with Crippen LogP contribution in [-0.4, -0.2) is 4.98 Å². The van der Waals surface area contributed by atoms with E-state index in [1.54, 1.807) is 0 Å². The summed E-state index contributed by atoms with van der Waals surface area (Å²) in [6.07, 6.45) is 0.389. The zero-order chi connectivity index (χ0) is 13.8. The van der Waals surface area contributed by atoms with Crippen molar-refractivity contribution in [3.8, 4) is 5.75 Å². The van der Waals surface area contributed by atoms with E-state index in [0.717, 1.165) is 22.8 Å². The first-order chi connectivity index (χ1) is 9.13. The lowest BCUT2D eigenvalue weighted by molar-refractivity contribution is 0.199. The van der Waals surface area contributed by atoms with Crippen LogP contribution in [-0.2, 0) is 5.88 Å². The summed E-state index contributed by atoms with van der Waals surface area (Å²) in [6.45, 7) is 1.94. The van der Waals surface area contributed by atoms with E-state index in [1.807, 2.05) is 12.3 Å². The second-order valence-electron chi connectivity index (χ2n) is 3.90. The molecule has 0 amide bonds. The molecule has 0 saturated heterocycles. The third-order valence-electron chi connectivity index (χ3n) is 2.52. The molecule has 19 heavy (non-hydrogen) atoms. The lowest BCUT2D eigenvalue weighted by Gasteiger charge is -2.15. The highest BCUT2D eigenvalue weighted by molar-refractivity contribution is 7.09. The van der Waals surface area contributed by atoms with Crippen molar-refractivity contribution in [3.05, 3.63) is 45.9 Å². The summed E-state index contributed by atoms with van der Waals surface area (Å²) in [6, 6.07) is 3.48. The summed E-state index contributed by atoms with van der Waals surface area (Å²) in [5.41, 5.74) is 0.786. The quantitative estimate of drug-likeness (QED) is 0.748. The molecule has 2 nitrogen and oxygen atoms in total. The van der Waals surface area contributed by atoms with Gasteiger partial charge in [-0.15, -0.1) is 22.9 Å². The SMILES string of the molecule is CCC(Oc1ccc(F)c(F)c1)c1nc(CCl)cs1. The number of nitrogens with zero attached hydrogens (tertiary/aromatic N) is 1. The van der Waals surface area contributed by atoms with Crippen molar-refractivity contribution in [1.29, 1.82) is 0 Å². The molecule has 2 rings (SSSR count). The fourth-order valence-electron chi connectivity index (χ4n) is 1.55. The molecule has 0 aliphatic carbocycles. The van der Waals surface area contributed by atoms with Crippen LogP contribution in [0.15, 0.2) is 23.6 Å². The van der Waals surface area contributed by atoms with Gasteiger partial charge >= 0.3 is 0 Å². The molecule has 1 atom stereocenters. The summed E-state index contributed by atoms with van der Waals surface area (Å²) in [7, 11) is 0. The molecule has 2 aromatic rings. The standard InChI is InChI=1S/C13H12ClF2NOS/c1-2-12(13-17-8(6-14)7-19-13)18-9-3-4-10(15)11(16)5-9/h3-5,7,12H,2,6H2,1H3. The lowest BCUT2D eigenvalue weighted by Crippen LogP contribution is -2.06. The van der Waals surface area contributed by atoms with Crippen molar-refractivity contribution >= 4 is 22.9 Å². The maximum absolute atomic E-state index is 13.1. The van der Waals surface area contributed by atoms with Crippen LogP contribution in [0.5, 0.6) is 5.75 Å². The Hall–Kier alpha value is -1.20. The van der Waals surface area contributed by atoms with Crippen molar-refractivity contribution < 1.29 is 13.5 Å². The monoisotopic (exact) mass is 303 g/mol. The number of thiazole rings is 1. The molecule has 0 spiro atoms. The van der Waals surface area contributed by atoms with E-state index in [-0.39, 0.29) is 11.9 Å². The fourth-order valence-corrected chi connectivity index (χ4v) is 2.71. The van der Waals surface area contributed by atoms with E-state index in [9.17, 15) is 8.78 Å². The molecular formula is C13H12ClF2NOS. The van der Waals surface area contributed by atoms with Crippen molar-refractivity contribution in [1.82, 2.24) is 4.98 Å². The third kappa shape index (κ3) is 3.42. The van der Waals surface area contributed by atoms with E-state index < -0.39 is 11.6 Å². The van der Waals surface area contributed by atoms with Crippen LogP contribution < -0.4 is 4.74 Å². The maximum atomic E-state index is 13.1. The van der Waals surface area contributed by atoms with Crippen LogP contribution in [0.2, 0.25) is 0 Å². The molecule has 1 heterocycles. The van der Waals surface area contributed by atoms with Crippen LogP contribution in [0.25, 0.3) is 0 Å². The van der Waals surface area contributed by atoms with E-state index >= 15 is 0 Å². The number of benzene rings is 1. The highest BCUT2D eigenvalue weighted by Gasteiger charge is 2.16. The molecule has 6 heteroatoms. The van der Waals surface area contributed by atoms with Gasteiger partial charge < -0.3 is 4.74 Å². The van der Waals surface area contributed by atoms with Gasteiger partial charge in [0.1, 0.15) is 16.9 Å². The average Bonchev–Trinajstić information content (AvgIpc) is 2.88. The third-order valence-corrected chi connectivity index (χ3v) is 3.78. The highest BCUT2D eigenvalue weighted by atomic mass is 35.5. The normalized spacial score (nSPS) is 12.4. The number of rotatable bonds is 5. The molecule has 102 valence electrons. The summed E-state index contributed by atoms with van der Waals surface area (Å²) < 4.78 is 31.6. The van der Waals surface area contributed by atoms with E-state index in [0.29, 0.717) is 12.3 Å². The Balaban J connectivity index is 2.16. The Bertz CT molecular complexity index is 561. The Morgan fingerprint density at radius 3 is 2.74 bits per heavy atom. The molecule has 0 aliphatic rings. The van der Waals surface area contributed by atoms with Crippen molar-refractivity contribution in [2.75, 3.05) is 0 Å². The second-order valence-corrected chi connectivity index (χ2v) is 5.06. The number of aromatic nitrogens is 1.